The second-order valence-corrected chi connectivity index (χ2v) is 3.37. The van der Waals surface area contributed by atoms with E-state index in [2.05, 4.69) is 4.98 Å². The van der Waals surface area contributed by atoms with E-state index in [1.54, 1.807) is 12.1 Å². The van der Waals surface area contributed by atoms with E-state index in [-0.39, 0.29) is 24.1 Å². The van der Waals surface area contributed by atoms with Crippen molar-refractivity contribution in [2.75, 3.05) is 0 Å². The molecule has 2 rings (SSSR count). The van der Waals surface area contributed by atoms with Gasteiger partial charge in [0.05, 0.1) is 6.04 Å². The molecule has 0 aliphatic heterocycles. The molecule has 0 radical (unpaired) electrons. The molecule has 5 heteroatoms. The zero-order valence-electron chi connectivity index (χ0n) is 8.84. The van der Waals surface area contributed by atoms with Crippen LogP contribution in [0.5, 0.6) is 0 Å². The summed E-state index contributed by atoms with van der Waals surface area (Å²) in [4.78, 5) is 15.7. The summed E-state index contributed by atoms with van der Waals surface area (Å²) in [5.74, 6) is -0.140. The van der Waals surface area contributed by atoms with Gasteiger partial charge >= 0.3 is 0 Å². The van der Waals surface area contributed by atoms with Gasteiger partial charge in [0.15, 0.2) is 5.58 Å². The van der Waals surface area contributed by atoms with Gasteiger partial charge in [-0.15, -0.1) is 12.4 Å². The summed E-state index contributed by atoms with van der Waals surface area (Å²) in [5.41, 5.74) is 6.92. The third-order valence-electron chi connectivity index (χ3n) is 2.28. The van der Waals surface area contributed by atoms with Crippen LogP contribution in [0.1, 0.15) is 24.0 Å². The number of fused-ring (bicyclic) bond motifs is 1. The lowest BCUT2D eigenvalue weighted by molar-refractivity contribution is 0.0927. The van der Waals surface area contributed by atoms with Gasteiger partial charge in [-0.2, -0.15) is 0 Å². The normalized spacial score (nSPS) is 12.1. The first-order chi connectivity index (χ1) is 7.22. The fourth-order valence-corrected chi connectivity index (χ4v) is 1.32. The largest absolute Gasteiger partial charge is 0.434 e. The van der Waals surface area contributed by atoms with Gasteiger partial charge in [-0.25, -0.2) is 4.98 Å². The number of oxazole rings is 1. The molecule has 1 aromatic carbocycles. The van der Waals surface area contributed by atoms with Crippen LogP contribution in [0.15, 0.2) is 28.7 Å². The molecule has 1 heterocycles. The Hall–Kier alpha value is -1.39. The van der Waals surface area contributed by atoms with Gasteiger partial charge < -0.3 is 10.2 Å². The lowest BCUT2D eigenvalue weighted by Crippen LogP contribution is -2.29. The molecule has 2 N–H and O–H groups in total. The second kappa shape index (κ2) is 5.09. The number of ketones is 1. The molecular formula is C11H13ClN2O2. The van der Waals surface area contributed by atoms with Crippen LogP contribution in [-0.4, -0.2) is 16.8 Å². The van der Waals surface area contributed by atoms with Crippen molar-refractivity contribution in [2.24, 2.45) is 5.73 Å². The minimum atomic E-state index is -0.530. The predicted molar refractivity (Wildman–Crippen MR) is 63.9 cm³/mol. The van der Waals surface area contributed by atoms with Crippen LogP contribution in [0.4, 0.5) is 0 Å². The van der Waals surface area contributed by atoms with Gasteiger partial charge in [-0.1, -0.05) is 19.1 Å². The third-order valence-corrected chi connectivity index (χ3v) is 2.28. The van der Waals surface area contributed by atoms with Gasteiger partial charge in [-0.3, -0.25) is 4.79 Å². The average Bonchev–Trinajstić information content (AvgIpc) is 2.70. The maximum Gasteiger partial charge on any atom is 0.265 e. The molecule has 0 saturated heterocycles. The highest BCUT2D eigenvalue weighted by Gasteiger charge is 2.19. The monoisotopic (exact) mass is 240 g/mol. The number of rotatable bonds is 3. The number of nitrogens with zero attached hydrogens (tertiary/aromatic N) is 1. The summed E-state index contributed by atoms with van der Waals surface area (Å²) in [5, 5.41) is 0. The highest BCUT2D eigenvalue weighted by atomic mass is 35.5. The Kier molecular flexibility index (Phi) is 4.04. The van der Waals surface area contributed by atoms with Gasteiger partial charge in [0.25, 0.3) is 5.89 Å². The van der Waals surface area contributed by atoms with Gasteiger partial charge in [0.2, 0.25) is 5.78 Å². The summed E-state index contributed by atoms with van der Waals surface area (Å²) in [6, 6.07) is 6.72. The zero-order valence-corrected chi connectivity index (χ0v) is 9.66. The second-order valence-electron chi connectivity index (χ2n) is 3.37. The number of Topliss-reactive ketones (excluding diaryl/α,β-unsaturated/α-hetero) is 1. The van der Waals surface area contributed by atoms with E-state index in [1.165, 1.54) is 0 Å². The topological polar surface area (TPSA) is 69.1 Å². The Morgan fingerprint density at radius 3 is 2.81 bits per heavy atom. The Morgan fingerprint density at radius 2 is 2.19 bits per heavy atom. The number of hydrogen-bond donors (Lipinski definition) is 1. The Morgan fingerprint density at radius 1 is 1.50 bits per heavy atom. The first-order valence-electron chi connectivity index (χ1n) is 4.87. The molecular weight excluding hydrogens is 228 g/mol. The van der Waals surface area contributed by atoms with Crippen molar-refractivity contribution in [1.82, 2.24) is 4.98 Å². The Balaban J connectivity index is 0.00000128. The molecule has 2 aromatic rings. The number of hydrogen-bond acceptors (Lipinski definition) is 4. The van der Waals surface area contributed by atoms with Crippen LogP contribution >= 0.6 is 12.4 Å². The maximum absolute atomic E-state index is 11.7. The lowest BCUT2D eigenvalue weighted by Gasteiger charge is -2.02. The van der Waals surface area contributed by atoms with Crippen LogP contribution in [0.3, 0.4) is 0 Å². The molecule has 1 atom stereocenters. The highest BCUT2D eigenvalue weighted by molar-refractivity contribution is 5.97. The van der Waals surface area contributed by atoms with Crippen molar-refractivity contribution in [2.45, 2.75) is 19.4 Å². The van der Waals surface area contributed by atoms with Gasteiger partial charge in [0.1, 0.15) is 5.52 Å². The molecule has 0 spiro atoms. The van der Waals surface area contributed by atoms with Gasteiger partial charge in [0, 0.05) is 0 Å². The molecule has 0 fully saturated rings. The van der Waals surface area contributed by atoms with Gasteiger partial charge in [-0.05, 0) is 18.6 Å². The summed E-state index contributed by atoms with van der Waals surface area (Å²) in [6.45, 7) is 1.85. The smallest absolute Gasteiger partial charge is 0.265 e. The summed E-state index contributed by atoms with van der Waals surface area (Å²) < 4.78 is 5.31. The number of carbonyl (C=O) groups excluding carboxylic acids is 1. The third kappa shape index (κ3) is 2.23. The fraction of sp³-hybridized carbons (Fsp3) is 0.273. The molecule has 1 unspecified atom stereocenters. The van der Waals surface area contributed by atoms with E-state index in [0.717, 1.165) is 0 Å². The van der Waals surface area contributed by atoms with Crippen molar-refractivity contribution in [3.63, 3.8) is 0 Å². The van der Waals surface area contributed by atoms with Crippen molar-refractivity contribution in [3.05, 3.63) is 30.2 Å². The molecule has 0 bridgehead atoms. The molecule has 1 aromatic heterocycles. The molecule has 4 nitrogen and oxygen atoms in total. The van der Waals surface area contributed by atoms with Crippen molar-refractivity contribution in [3.8, 4) is 0 Å². The number of aromatic nitrogens is 1. The zero-order chi connectivity index (χ0) is 10.8. The molecule has 0 amide bonds. The number of nitrogens with two attached hydrogens (primary N) is 1. The van der Waals surface area contributed by atoms with E-state index in [1.807, 2.05) is 19.1 Å². The van der Waals surface area contributed by atoms with Crippen LogP contribution < -0.4 is 5.73 Å². The van der Waals surface area contributed by atoms with Crippen molar-refractivity contribution >= 4 is 29.3 Å². The van der Waals surface area contributed by atoms with Crippen LogP contribution in [0.25, 0.3) is 11.1 Å². The SMILES string of the molecule is CCC(N)C(=O)c1nc2ccccc2o1.Cl. The van der Waals surface area contributed by atoms with E-state index in [9.17, 15) is 4.79 Å². The number of carbonyl (C=O) groups is 1. The van der Waals surface area contributed by atoms with E-state index in [0.29, 0.717) is 17.5 Å². The summed E-state index contributed by atoms with van der Waals surface area (Å²) in [6.07, 6.45) is 0.581. The van der Waals surface area contributed by atoms with Crippen molar-refractivity contribution < 1.29 is 9.21 Å². The van der Waals surface area contributed by atoms with Crippen LogP contribution in [0, 0.1) is 0 Å². The maximum atomic E-state index is 11.7. The molecule has 16 heavy (non-hydrogen) atoms. The predicted octanol–water partition coefficient (Wildman–Crippen LogP) is 2.17. The quantitative estimate of drug-likeness (QED) is 0.835. The molecule has 0 aliphatic carbocycles. The van der Waals surface area contributed by atoms with E-state index >= 15 is 0 Å². The minimum absolute atomic E-state index is 0. The number of para-hydroxylation sites is 2. The fourth-order valence-electron chi connectivity index (χ4n) is 1.32. The average molecular weight is 241 g/mol. The lowest BCUT2D eigenvalue weighted by atomic mass is 10.1. The Bertz CT molecular complexity index is 462. The molecule has 86 valence electrons. The number of benzene rings is 1. The summed E-state index contributed by atoms with van der Waals surface area (Å²) >= 11 is 0. The Labute approximate surface area is 99.2 Å². The number of halogens is 1. The standard InChI is InChI=1S/C11H12N2O2.ClH/c1-2-7(12)10(14)11-13-8-5-3-4-6-9(8)15-11;/h3-7H,2,12H2,1H3;1H. The molecule has 0 saturated carbocycles. The van der Waals surface area contributed by atoms with E-state index in [4.69, 9.17) is 10.2 Å². The van der Waals surface area contributed by atoms with E-state index < -0.39 is 6.04 Å². The van der Waals surface area contributed by atoms with Crippen molar-refractivity contribution in [1.29, 1.82) is 0 Å². The minimum Gasteiger partial charge on any atom is -0.434 e. The van der Waals surface area contributed by atoms with Crippen LogP contribution in [-0.2, 0) is 0 Å². The van der Waals surface area contributed by atoms with Crippen LogP contribution in [0.2, 0.25) is 0 Å². The molecule has 0 aliphatic rings. The highest BCUT2D eigenvalue weighted by Crippen LogP contribution is 2.15. The summed E-state index contributed by atoms with van der Waals surface area (Å²) in [7, 11) is 0. The first kappa shape index (κ1) is 12.7. The first-order valence-corrected chi connectivity index (χ1v) is 4.87.